The Kier molecular flexibility index (Phi) is 6.23. The van der Waals surface area contributed by atoms with E-state index < -0.39 is 0 Å². The molecule has 0 bridgehead atoms. The molecular formula is C11H16O3S. The van der Waals surface area contributed by atoms with E-state index in [1.165, 1.54) is 0 Å². The molecule has 84 valence electrons. The molecule has 0 aromatic heterocycles. The predicted octanol–water partition coefficient (Wildman–Crippen LogP) is 2.15. The van der Waals surface area contributed by atoms with Crippen LogP contribution in [0.3, 0.4) is 0 Å². The Morgan fingerprint density at radius 1 is 1.27 bits per heavy atom. The molecule has 15 heavy (non-hydrogen) atoms. The standard InChI is InChI=1S/C11H16O3S/c1-13-5-6-14-7-8-15-11-4-2-3-10(12)9-11/h2-4,9,12H,5-8H2,1H3. The van der Waals surface area contributed by atoms with Crippen LogP contribution in [-0.2, 0) is 9.47 Å². The summed E-state index contributed by atoms with van der Waals surface area (Å²) in [6, 6.07) is 7.22. The van der Waals surface area contributed by atoms with E-state index in [0.717, 1.165) is 10.6 Å². The van der Waals surface area contributed by atoms with Crippen molar-refractivity contribution in [3.63, 3.8) is 0 Å². The zero-order chi connectivity index (χ0) is 10.9. The summed E-state index contributed by atoms with van der Waals surface area (Å²) in [7, 11) is 1.66. The van der Waals surface area contributed by atoms with E-state index in [-0.39, 0.29) is 0 Å². The highest BCUT2D eigenvalue weighted by Crippen LogP contribution is 2.21. The van der Waals surface area contributed by atoms with E-state index in [0.29, 0.717) is 25.6 Å². The smallest absolute Gasteiger partial charge is 0.116 e. The number of thioether (sulfide) groups is 1. The third-order valence-electron chi connectivity index (χ3n) is 1.75. The number of hydrogen-bond donors (Lipinski definition) is 1. The summed E-state index contributed by atoms with van der Waals surface area (Å²) in [6.45, 7) is 1.97. The summed E-state index contributed by atoms with van der Waals surface area (Å²) in [4.78, 5) is 1.06. The van der Waals surface area contributed by atoms with Crippen molar-refractivity contribution in [3.8, 4) is 5.75 Å². The molecule has 4 heteroatoms. The van der Waals surface area contributed by atoms with Crippen molar-refractivity contribution in [1.82, 2.24) is 0 Å². The monoisotopic (exact) mass is 228 g/mol. The number of phenols is 1. The van der Waals surface area contributed by atoms with E-state index >= 15 is 0 Å². The second kappa shape index (κ2) is 7.56. The van der Waals surface area contributed by atoms with Gasteiger partial charge in [-0.05, 0) is 18.2 Å². The first-order valence-electron chi connectivity index (χ1n) is 4.81. The lowest BCUT2D eigenvalue weighted by molar-refractivity contribution is 0.0790. The average Bonchev–Trinajstić information content (AvgIpc) is 2.23. The zero-order valence-corrected chi connectivity index (χ0v) is 9.63. The highest BCUT2D eigenvalue weighted by molar-refractivity contribution is 7.99. The van der Waals surface area contributed by atoms with Crippen molar-refractivity contribution in [3.05, 3.63) is 24.3 Å². The second-order valence-electron chi connectivity index (χ2n) is 2.95. The van der Waals surface area contributed by atoms with Gasteiger partial charge in [0.15, 0.2) is 0 Å². The molecule has 3 nitrogen and oxygen atoms in total. The van der Waals surface area contributed by atoms with E-state index in [1.54, 1.807) is 31.0 Å². The summed E-state index contributed by atoms with van der Waals surface area (Å²) in [5.74, 6) is 1.19. The Balaban J connectivity index is 2.10. The van der Waals surface area contributed by atoms with Gasteiger partial charge in [-0.25, -0.2) is 0 Å². The summed E-state index contributed by atoms with van der Waals surface area (Å²) in [5.41, 5.74) is 0. The van der Waals surface area contributed by atoms with Crippen LogP contribution in [0.4, 0.5) is 0 Å². The molecule has 0 aliphatic carbocycles. The lowest BCUT2D eigenvalue weighted by atomic mass is 10.3. The molecule has 0 unspecified atom stereocenters. The van der Waals surface area contributed by atoms with Gasteiger partial charge in [0.1, 0.15) is 5.75 Å². The molecule has 1 aromatic rings. The molecule has 0 fully saturated rings. The van der Waals surface area contributed by atoms with Crippen molar-refractivity contribution >= 4 is 11.8 Å². The summed E-state index contributed by atoms with van der Waals surface area (Å²) >= 11 is 1.67. The Morgan fingerprint density at radius 3 is 2.87 bits per heavy atom. The summed E-state index contributed by atoms with van der Waals surface area (Å²) in [6.07, 6.45) is 0. The van der Waals surface area contributed by atoms with E-state index in [4.69, 9.17) is 9.47 Å². The molecule has 1 N–H and O–H groups in total. The lowest BCUT2D eigenvalue weighted by Crippen LogP contribution is -2.04. The Morgan fingerprint density at radius 2 is 2.13 bits per heavy atom. The molecule has 0 heterocycles. The molecule has 1 aromatic carbocycles. The van der Waals surface area contributed by atoms with Gasteiger partial charge in [0.2, 0.25) is 0 Å². The van der Waals surface area contributed by atoms with Crippen molar-refractivity contribution in [2.45, 2.75) is 4.90 Å². The largest absolute Gasteiger partial charge is 0.508 e. The van der Waals surface area contributed by atoms with E-state index in [2.05, 4.69) is 0 Å². The van der Waals surface area contributed by atoms with Crippen molar-refractivity contribution in [2.75, 3.05) is 32.7 Å². The molecule has 1 rings (SSSR count). The first-order chi connectivity index (χ1) is 7.33. The van der Waals surface area contributed by atoms with E-state index in [9.17, 15) is 5.11 Å². The molecule has 0 saturated carbocycles. The maximum Gasteiger partial charge on any atom is 0.116 e. The van der Waals surface area contributed by atoms with Gasteiger partial charge in [-0.1, -0.05) is 6.07 Å². The van der Waals surface area contributed by atoms with Gasteiger partial charge in [-0.3, -0.25) is 0 Å². The zero-order valence-electron chi connectivity index (χ0n) is 8.81. The van der Waals surface area contributed by atoms with Crippen LogP contribution in [0, 0.1) is 0 Å². The van der Waals surface area contributed by atoms with Crippen LogP contribution in [0.5, 0.6) is 5.75 Å². The highest BCUT2D eigenvalue weighted by atomic mass is 32.2. The lowest BCUT2D eigenvalue weighted by Gasteiger charge is -2.03. The van der Waals surface area contributed by atoms with Crippen LogP contribution in [0.15, 0.2) is 29.2 Å². The van der Waals surface area contributed by atoms with Gasteiger partial charge < -0.3 is 14.6 Å². The minimum absolute atomic E-state index is 0.306. The van der Waals surface area contributed by atoms with Crippen LogP contribution in [-0.4, -0.2) is 37.8 Å². The Hall–Kier alpha value is -0.710. The van der Waals surface area contributed by atoms with Crippen LogP contribution in [0.25, 0.3) is 0 Å². The van der Waals surface area contributed by atoms with Gasteiger partial charge in [0.25, 0.3) is 0 Å². The minimum Gasteiger partial charge on any atom is -0.508 e. The Bertz CT molecular complexity index is 278. The topological polar surface area (TPSA) is 38.7 Å². The average molecular weight is 228 g/mol. The number of phenolic OH excluding ortho intramolecular Hbond substituents is 1. The first-order valence-corrected chi connectivity index (χ1v) is 5.80. The van der Waals surface area contributed by atoms with Gasteiger partial charge >= 0.3 is 0 Å². The quantitative estimate of drug-likeness (QED) is 0.573. The van der Waals surface area contributed by atoms with Crippen molar-refractivity contribution in [2.24, 2.45) is 0 Å². The van der Waals surface area contributed by atoms with Crippen LogP contribution >= 0.6 is 11.8 Å². The number of hydrogen-bond acceptors (Lipinski definition) is 4. The van der Waals surface area contributed by atoms with Crippen LogP contribution in [0.2, 0.25) is 0 Å². The molecule has 0 spiro atoms. The van der Waals surface area contributed by atoms with Crippen molar-refractivity contribution in [1.29, 1.82) is 0 Å². The minimum atomic E-state index is 0.306. The Labute approximate surface area is 94.4 Å². The van der Waals surface area contributed by atoms with Gasteiger partial charge in [-0.2, -0.15) is 0 Å². The SMILES string of the molecule is COCCOCCSc1cccc(O)c1. The van der Waals surface area contributed by atoms with Crippen molar-refractivity contribution < 1.29 is 14.6 Å². The van der Waals surface area contributed by atoms with Gasteiger partial charge in [0.05, 0.1) is 19.8 Å². The number of aromatic hydroxyl groups is 1. The molecule has 0 aliphatic heterocycles. The maximum atomic E-state index is 9.22. The fourth-order valence-corrected chi connectivity index (χ4v) is 1.85. The van der Waals surface area contributed by atoms with E-state index in [1.807, 2.05) is 12.1 Å². The van der Waals surface area contributed by atoms with Gasteiger partial charge in [0, 0.05) is 17.8 Å². The molecule has 0 aliphatic rings. The molecular weight excluding hydrogens is 212 g/mol. The predicted molar refractivity (Wildman–Crippen MR) is 61.5 cm³/mol. The fourth-order valence-electron chi connectivity index (χ4n) is 1.04. The number of ether oxygens (including phenoxy) is 2. The third kappa shape index (κ3) is 5.67. The summed E-state index contributed by atoms with van der Waals surface area (Å²) < 4.78 is 10.2. The second-order valence-corrected chi connectivity index (χ2v) is 4.12. The number of rotatable bonds is 7. The number of methoxy groups -OCH3 is 1. The third-order valence-corrected chi connectivity index (χ3v) is 2.70. The maximum absolute atomic E-state index is 9.22. The summed E-state index contributed by atoms with van der Waals surface area (Å²) in [5, 5.41) is 9.22. The van der Waals surface area contributed by atoms with Gasteiger partial charge in [-0.15, -0.1) is 11.8 Å². The number of benzene rings is 1. The van der Waals surface area contributed by atoms with Crippen LogP contribution in [0.1, 0.15) is 0 Å². The normalized spacial score (nSPS) is 10.5. The molecule has 0 saturated heterocycles. The molecule has 0 amide bonds. The molecule has 0 atom stereocenters. The van der Waals surface area contributed by atoms with Crippen LogP contribution < -0.4 is 0 Å². The first kappa shape index (κ1) is 12.4. The highest BCUT2D eigenvalue weighted by Gasteiger charge is 1.95. The fraction of sp³-hybridized carbons (Fsp3) is 0.455. The molecule has 0 radical (unpaired) electrons.